The maximum atomic E-state index is 5.70. The number of benzene rings is 1. The van der Waals surface area contributed by atoms with Gasteiger partial charge in [0.25, 0.3) is 0 Å². The third kappa shape index (κ3) is 4.69. The quantitative estimate of drug-likeness (QED) is 0.608. The first-order valence-corrected chi connectivity index (χ1v) is 7.64. The number of hydrazine groups is 1. The molecular weight excluding hydrogens is 260 g/mol. The summed E-state index contributed by atoms with van der Waals surface area (Å²) in [6.45, 7) is 6.39. The van der Waals surface area contributed by atoms with Gasteiger partial charge in [0.15, 0.2) is 0 Å². The molecule has 0 bridgehead atoms. The van der Waals surface area contributed by atoms with E-state index < -0.39 is 0 Å². The van der Waals surface area contributed by atoms with E-state index in [9.17, 15) is 0 Å². The Morgan fingerprint density at radius 1 is 1.29 bits per heavy atom. The Kier molecular flexibility index (Phi) is 5.53. The van der Waals surface area contributed by atoms with Crippen molar-refractivity contribution in [2.45, 2.75) is 52.1 Å². The maximum Gasteiger partial charge on any atom is 0.0640 e. The van der Waals surface area contributed by atoms with Gasteiger partial charge in [-0.1, -0.05) is 29.8 Å². The Bertz CT molecular complexity index is 559. The van der Waals surface area contributed by atoms with Crippen LogP contribution in [0.5, 0.6) is 0 Å². The van der Waals surface area contributed by atoms with Gasteiger partial charge in [0, 0.05) is 24.7 Å². The molecule has 114 valence electrons. The molecule has 0 spiro atoms. The van der Waals surface area contributed by atoms with E-state index in [-0.39, 0.29) is 6.04 Å². The molecule has 21 heavy (non-hydrogen) atoms. The van der Waals surface area contributed by atoms with Crippen molar-refractivity contribution >= 4 is 0 Å². The average Bonchev–Trinajstić information content (AvgIpc) is 2.92. The summed E-state index contributed by atoms with van der Waals surface area (Å²) in [6.07, 6.45) is 4.94. The van der Waals surface area contributed by atoms with Gasteiger partial charge < -0.3 is 0 Å². The third-order valence-electron chi connectivity index (χ3n) is 3.75. The van der Waals surface area contributed by atoms with Crippen LogP contribution in [-0.2, 0) is 12.8 Å². The molecule has 0 saturated carbocycles. The molecule has 0 fully saturated rings. The zero-order valence-electron chi connectivity index (χ0n) is 13.2. The molecule has 2 rings (SSSR count). The van der Waals surface area contributed by atoms with E-state index in [4.69, 9.17) is 5.84 Å². The molecule has 4 heteroatoms. The molecule has 1 heterocycles. The minimum absolute atomic E-state index is 0.251. The van der Waals surface area contributed by atoms with Crippen molar-refractivity contribution in [3.63, 3.8) is 0 Å². The summed E-state index contributed by atoms with van der Waals surface area (Å²) < 4.78 is 1.99. The highest BCUT2D eigenvalue weighted by molar-refractivity contribution is 5.22. The van der Waals surface area contributed by atoms with Crippen molar-refractivity contribution < 1.29 is 0 Å². The highest BCUT2D eigenvalue weighted by atomic mass is 15.3. The molecule has 0 radical (unpaired) electrons. The minimum atomic E-state index is 0.251. The van der Waals surface area contributed by atoms with Crippen LogP contribution in [0.3, 0.4) is 0 Å². The molecule has 0 aliphatic heterocycles. The lowest BCUT2D eigenvalue weighted by atomic mass is 10.0. The zero-order chi connectivity index (χ0) is 15.2. The van der Waals surface area contributed by atoms with Crippen molar-refractivity contribution in [2.75, 3.05) is 0 Å². The Morgan fingerprint density at radius 3 is 2.71 bits per heavy atom. The van der Waals surface area contributed by atoms with Crippen LogP contribution in [0.2, 0.25) is 0 Å². The molecule has 1 atom stereocenters. The van der Waals surface area contributed by atoms with E-state index >= 15 is 0 Å². The molecule has 4 nitrogen and oxygen atoms in total. The lowest BCUT2D eigenvalue weighted by Gasteiger charge is -2.15. The number of nitrogens with two attached hydrogens (primary N) is 1. The molecule has 3 N–H and O–H groups in total. The van der Waals surface area contributed by atoms with Crippen LogP contribution in [-0.4, -0.2) is 15.8 Å². The van der Waals surface area contributed by atoms with E-state index in [0.29, 0.717) is 6.04 Å². The van der Waals surface area contributed by atoms with Gasteiger partial charge in [-0.15, -0.1) is 0 Å². The normalized spacial score (nSPS) is 12.8. The van der Waals surface area contributed by atoms with Gasteiger partial charge in [-0.3, -0.25) is 16.0 Å². The van der Waals surface area contributed by atoms with Crippen LogP contribution < -0.4 is 11.3 Å². The van der Waals surface area contributed by atoms with Gasteiger partial charge in [-0.25, -0.2) is 0 Å². The van der Waals surface area contributed by atoms with Crippen molar-refractivity contribution in [3.8, 4) is 0 Å². The maximum absolute atomic E-state index is 5.70. The van der Waals surface area contributed by atoms with Crippen LogP contribution in [0.15, 0.2) is 36.5 Å². The van der Waals surface area contributed by atoms with Gasteiger partial charge in [0.05, 0.1) is 5.69 Å². The molecule has 0 amide bonds. The fourth-order valence-corrected chi connectivity index (χ4v) is 2.48. The minimum Gasteiger partial charge on any atom is -0.271 e. The first kappa shape index (κ1) is 15.7. The predicted octanol–water partition coefficient (Wildman–Crippen LogP) is 2.78. The molecule has 1 aromatic carbocycles. The Labute approximate surface area is 127 Å². The molecule has 0 aliphatic rings. The Morgan fingerprint density at radius 2 is 2.10 bits per heavy atom. The van der Waals surface area contributed by atoms with E-state index in [1.165, 1.54) is 11.1 Å². The van der Waals surface area contributed by atoms with Crippen LogP contribution in [0.4, 0.5) is 0 Å². The lowest BCUT2D eigenvalue weighted by molar-refractivity contribution is 0.475. The van der Waals surface area contributed by atoms with Gasteiger partial charge in [0.1, 0.15) is 0 Å². The summed E-state index contributed by atoms with van der Waals surface area (Å²) >= 11 is 0. The van der Waals surface area contributed by atoms with Crippen molar-refractivity contribution in [3.05, 3.63) is 53.3 Å². The SMILES string of the molecule is Cc1cccc(CCC(Cc2ccn(C(C)C)n2)NN)c1. The first-order chi connectivity index (χ1) is 10.1. The Balaban J connectivity index is 1.90. The summed E-state index contributed by atoms with van der Waals surface area (Å²) in [6, 6.07) is 11.4. The predicted molar refractivity (Wildman–Crippen MR) is 86.9 cm³/mol. The van der Waals surface area contributed by atoms with Crippen LogP contribution >= 0.6 is 0 Å². The Hall–Kier alpha value is -1.65. The van der Waals surface area contributed by atoms with E-state index in [1.54, 1.807) is 0 Å². The summed E-state index contributed by atoms with van der Waals surface area (Å²) in [5.41, 5.74) is 6.69. The summed E-state index contributed by atoms with van der Waals surface area (Å²) in [4.78, 5) is 0. The van der Waals surface area contributed by atoms with Crippen molar-refractivity contribution in [1.82, 2.24) is 15.2 Å². The number of nitrogens with one attached hydrogen (secondary N) is 1. The second kappa shape index (κ2) is 7.38. The van der Waals surface area contributed by atoms with E-state index in [2.05, 4.69) is 61.6 Å². The van der Waals surface area contributed by atoms with Gasteiger partial charge in [-0.2, -0.15) is 5.10 Å². The smallest absolute Gasteiger partial charge is 0.0640 e. The summed E-state index contributed by atoms with van der Waals surface area (Å²) in [7, 11) is 0. The van der Waals surface area contributed by atoms with Gasteiger partial charge in [0.2, 0.25) is 0 Å². The number of hydrogen-bond acceptors (Lipinski definition) is 3. The van der Waals surface area contributed by atoms with Crippen LogP contribution in [0.1, 0.15) is 43.1 Å². The van der Waals surface area contributed by atoms with Gasteiger partial charge >= 0.3 is 0 Å². The standard InChI is InChI=1S/C17H26N4/c1-13(2)21-10-9-17(20-21)12-16(19-18)8-7-15-6-4-5-14(3)11-15/h4-6,9-11,13,16,19H,7-8,12,18H2,1-3H3. The number of hydrogen-bond donors (Lipinski definition) is 2. The fraction of sp³-hybridized carbons (Fsp3) is 0.471. The second-order valence-electron chi connectivity index (χ2n) is 5.98. The van der Waals surface area contributed by atoms with Gasteiger partial charge in [-0.05, 0) is 45.2 Å². The number of rotatable bonds is 7. The molecule has 0 saturated heterocycles. The van der Waals surface area contributed by atoms with Crippen LogP contribution in [0.25, 0.3) is 0 Å². The number of aromatic nitrogens is 2. The second-order valence-corrected chi connectivity index (χ2v) is 5.98. The lowest BCUT2D eigenvalue weighted by Crippen LogP contribution is -2.37. The monoisotopic (exact) mass is 286 g/mol. The highest BCUT2D eigenvalue weighted by Gasteiger charge is 2.11. The fourth-order valence-electron chi connectivity index (χ4n) is 2.48. The number of nitrogens with zero attached hydrogens (tertiary/aromatic N) is 2. The van der Waals surface area contributed by atoms with E-state index in [1.807, 2.05) is 10.9 Å². The third-order valence-corrected chi connectivity index (χ3v) is 3.75. The first-order valence-electron chi connectivity index (χ1n) is 7.64. The van der Waals surface area contributed by atoms with Crippen LogP contribution in [0, 0.1) is 6.92 Å². The molecule has 1 unspecified atom stereocenters. The molecule has 1 aromatic heterocycles. The van der Waals surface area contributed by atoms with E-state index in [0.717, 1.165) is 25.0 Å². The van der Waals surface area contributed by atoms with Crippen molar-refractivity contribution in [2.24, 2.45) is 5.84 Å². The highest BCUT2D eigenvalue weighted by Crippen LogP contribution is 2.11. The summed E-state index contributed by atoms with van der Waals surface area (Å²) in [5, 5.41) is 4.59. The molecule has 0 aliphatic carbocycles. The average molecular weight is 286 g/mol. The topological polar surface area (TPSA) is 55.9 Å². The van der Waals surface area contributed by atoms with Crippen molar-refractivity contribution in [1.29, 1.82) is 0 Å². The largest absolute Gasteiger partial charge is 0.271 e. The number of aryl methyl sites for hydroxylation is 2. The summed E-state index contributed by atoms with van der Waals surface area (Å²) in [5.74, 6) is 5.70. The zero-order valence-corrected chi connectivity index (χ0v) is 13.2. The molecular formula is C17H26N4. The molecule has 2 aromatic rings.